The van der Waals surface area contributed by atoms with Crippen LogP contribution in [0.1, 0.15) is 25.8 Å². The Kier molecular flexibility index (Phi) is 7.12. The van der Waals surface area contributed by atoms with Gasteiger partial charge < -0.3 is 19.8 Å². The van der Waals surface area contributed by atoms with E-state index in [0.717, 1.165) is 16.6 Å². The van der Waals surface area contributed by atoms with Crippen molar-refractivity contribution in [2.24, 2.45) is 11.8 Å². The number of thioether (sulfide) groups is 1. The predicted molar refractivity (Wildman–Crippen MR) is 167 cm³/mol. The molecule has 0 saturated carbocycles. The second-order valence-corrected chi connectivity index (χ2v) is 14.1. The zero-order chi connectivity index (χ0) is 30.6. The highest BCUT2D eigenvalue weighted by atomic mass is 32.2. The van der Waals surface area contributed by atoms with E-state index >= 15 is 0 Å². The highest BCUT2D eigenvalue weighted by Gasteiger charge is 2.74. The number of fused-ring (bicyclic) bond motifs is 3. The molecule has 0 bridgehead atoms. The largest absolute Gasteiger partial charge is 0.394 e. The highest BCUT2D eigenvalue weighted by Crippen LogP contribution is 2.66. The van der Waals surface area contributed by atoms with E-state index in [0.29, 0.717) is 26.1 Å². The number of nitrogens with zero attached hydrogens (tertiary/aromatic N) is 6. The van der Waals surface area contributed by atoms with Gasteiger partial charge in [0.1, 0.15) is 18.2 Å². The van der Waals surface area contributed by atoms with Crippen LogP contribution in [0.5, 0.6) is 0 Å². The first-order valence-electron chi connectivity index (χ1n) is 15.2. The van der Waals surface area contributed by atoms with Crippen LogP contribution in [0.2, 0.25) is 0 Å². The molecule has 2 aromatic carbocycles. The first-order valence-corrected chi connectivity index (χ1v) is 16.0. The number of carbonyl (C=O) groups is 3. The van der Waals surface area contributed by atoms with E-state index in [1.807, 2.05) is 91.6 Å². The van der Waals surface area contributed by atoms with Gasteiger partial charge >= 0.3 is 0 Å². The lowest BCUT2D eigenvalue weighted by atomic mass is 9.74. The third-order valence-corrected chi connectivity index (χ3v) is 11.5. The van der Waals surface area contributed by atoms with Crippen LogP contribution in [0.3, 0.4) is 0 Å². The normalized spacial score (nSPS) is 30.4. The summed E-state index contributed by atoms with van der Waals surface area (Å²) in [5.41, 5.74) is 2.56. The summed E-state index contributed by atoms with van der Waals surface area (Å²) in [6.45, 7) is 5.03. The number of hydrogen-bond acceptors (Lipinski definition) is 7. The first-order chi connectivity index (χ1) is 21.3. The molecule has 4 aliphatic heterocycles. The van der Waals surface area contributed by atoms with Crippen LogP contribution in [0.4, 0.5) is 0 Å². The average Bonchev–Trinajstić information content (AvgIpc) is 3.56. The Hall–Kier alpha value is -3.96. The quantitative estimate of drug-likeness (QED) is 0.409. The van der Waals surface area contributed by atoms with Crippen molar-refractivity contribution in [2.75, 3.05) is 19.7 Å². The summed E-state index contributed by atoms with van der Waals surface area (Å²) in [5.74, 6) is -1.98. The van der Waals surface area contributed by atoms with E-state index in [9.17, 15) is 19.5 Å². The lowest BCUT2D eigenvalue weighted by Crippen LogP contribution is -2.56. The van der Waals surface area contributed by atoms with Crippen molar-refractivity contribution in [1.82, 2.24) is 29.7 Å². The van der Waals surface area contributed by atoms with Crippen LogP contribution >= 0.6 is 11.8 Å². The molecule has 44 heavy (non-hydrogen) atoms. The van der Waals surface area contributed by atoms with Crippen LogP contribution in [-0.4, -0.2) is 93.8 Å². The van der Waals surface area contributed by atoms with Gasteiger partial charge in [0.2, 0.25) is 17.7 Å². The topological polar surface area (TPSA) is 112 Å². The second-order valence-electron chi connectivity index (χ2n) is 12.3. The van der Waals surface area contributed by atoms with Crippen LogP contribution in [0, 0.1) is 11.8 Å². The average molecular weight is 613 g/mol. The van der Waals surface area contributed by atoms with E-state index in [-0.39, 0.29) is 31.0 Å². The monoisotopic (exact) mass is 612 g/mol. The van der Waals surface area contributed by atoms with Gasteiger partial charge in [0, 0.05) is 24.4 Å². The Morgan fingerprint density at radius 3 is 2.43 bits per heavy atom. The fourth-order valence-electron chi connectivity index (χ4n) is 7.62. The highest BCUT2D eigenvalue weighted by molar-refractivity contribution is 8.02. The van der Waals surface area contributed by atoms with E-state index in [2.05, 4.69) is 16.4 Å². The maximum atomic E-state index is 14.7. The summed E-state index contributed by atoms with van der Waals surface area (Å²) in [4.78, 5) is 49.0. The van der Waals surface area contributed by atoms with Gasteiger partial charge in [-0.1, -0.05) is 78.9 Å². The van der Waals surface area contributed by atoms with E-state index in [4.69, 9.17) is 0 Å². The molecule has 0 aliphatic carbocycles. The van der Waals surface area contributed by atoms with Gasteiger partial charge in [-0.05, 0) is 31.0 Å². The minimum atomic E-state index is -0.981. The fraction of sp³-hybridized carbons (Fsp3) is 0.424. The molecule has 2 saturated heterocycles. The zero-order valence-electron chi connectivity index (χ0n) is 24.8. The molecule has 2 fully saturated rings. The van der Waals surface area contributed by atoms with Crippen molar-refractivity contribution in [1.29, 1.82) is 0 Å². The number of para-hydroxylation sites is 1. The Morgan fingerprint density at radius 1 is 0.932 bits per heavy atom. The number of amides is 3. The molecular formula is C33H36N6O4S. The third-order valence-electron chi connectivity index (χ3n) is 9.68. The van der Waals surface area contributed by atoms with Crippen LogP contribution in [-0.2, 0) is 27.6 Å². The third kappa shape index (κ3) is 4.31. The number of aliphatic hydroxyl groups is 1. The molecule has 7 rings (SSSR count). The fourth-order valence-corrected chi connectivity index (χ4v) is 9.77. The lowest BCUT2D eigenvalue weighted by Gasteiger charge is -2.39. The minimum absolute atomic E-state index is 0.0854. The summed E-state index contributed by atoms with van der Waals surface area (Å²) < 4.78 is 0.0168. The molecule has 1 spiro atoms. The molecule has 0 radical (unpaired) electrons. The molecule has 228 valence electrons. The van der Waals surface area contributed by atoms with Gasteiger partial charge in [-0.3, -0.25) is 14.4 Å². The van der Waals surface area contributed by atoms with E-state index in [1.165, 1.54) is 0 Å². The summed E-state index contributed by atoms with van der Waals surface area (Å²) in [7, 11) is 0. The number of likely N-dealkylation sites (tertiary alicyclic amines) is 1. The molecule has 4 aliphatic rings. The Morgan fingerprint density at radius 2 is 1.66 bits per heavy atom. The molecule has 6 atom stereocenters. The van der Waals surface area contributed by atoms with Gasteiger partial charge in [0.15, 0.2) is 0 Å². The SMILES string of the molecule is CC[C@@H](CO)N1C(=O)[C@@H]2[C@@H]3C(=O)N(Cc4ccccc4)CC=C[C@]3(C)S[C@@]23C=CCN(Cn2nnc4ccccc42)C(=O)C13. The van der Waals surface area contributed by atoms with Gasteiger partial charge in [-0.25, -0.2) is 4.68 Å². The Bertz CT molecular complexity index is 1670. The van der Waals surface area contributed by atoms with E-state index < -0.39 is 33.4 Å². The second kappa shape index (κ2) is 10.9. The summed E-state index contributed by atoms with van der Waals surface area (Å²) in [6.07, 6.45) is 8.54. The van der Waals surface area contributed by atoms with Gasteiger partial charge in [0.25, 0.3) is 0 Å². The van der Waals surface area contributed by atoms with Crippen LogP contribution in [0.25, 0.3) is 11.0 Å². The molecular weight excluding hydrogens is 576 g/mol. The summed E-state index contributed by atoms with van der Waals surface area (Å²) in [5, 5.41) is 19.0. The van der Waals surface area contributed by atoms with Crippen molar-refractivity contribution >= 4 is 40.5 Å². The van der Waals surface area contributed by atoms with Crippen molar-refractivity contribution in [3.63, 3.8) is 0 Å². The molecule has 1 N–H and O–H groups in total. The molecule has 1 unspecified atom stereocenters. The summed E-state index contributed by atoms with van der Waals surface area (Å²) >= 11 is 1.55. The van der Waals surface area contributed by atoms with Gasteiger partial charge in [0.05, 0.1) is 34.7 Å². The van der Waals surface area contributed by atoms with Crippen molar-refractivity contribution in [3.8, 4) is 0 Å². The first kappa shape index (κ1) is 28.8. The lowest BCUT2D eigenvalue weighted by molar-refractivity contribution is -0.148. The number of carbonyl (C=O) groups excluding carboxylic acids is 3. The number of aromatic nitrogens is 3. The molecule has 5 heterocycles. The standard InChI is InChI=1S/C33H36N6O4S/c1-3-23(20-40)39-28-31(43)37(21-38-25-14-8-7-13-24(25)34-35-38)18-10-16-33(28)27(30(39)42)26-29(41)36(17-9-15-32(26,2)44-33)19-22-11-5-4-6-12-22/h4-16,23,26-28,40H,3,17-21H2,1-2H3/t23-,26+,27-,28?,32-,33-/m0/s1. The summed E-state index contributed by atoms with van der Waals surface area (Å²) in [6, 6.07) is 16.0. The van der Waals surface area contributed by atoms with Crippen molar-refractivity contribution < 1.29 is 19.5 Å². The van der Waals surface area contributed by atoms with E-state index in [1.54, 1.807) is 26.2 Å². The molecule has 10 nitrogen and oxygen atoms in total. The molecule has 3 amide bonds. The van der Waals surface area contributed by atoms with Gasteiger partial charge in [-0.15, -0.1) is 16.9 Å². The molecule has 1 aromatic heterocycles. The Labute approximate surface area is 260 Å². The van der Waals surface area contributed by atoms with Crippen molar-refractivity contribution in [2.45, 2.75) is 55.1 Å². The zero-order valence-corrected chi connectivity index (χ0v) is 25.6. The number of aliphatic hydroxyl groups excluding tert-OH is 1. The number of rotatable bonds is 7. The van der Waals surface area contributed by atoms with Gasteiger partial charge in [-0.2, -0.15) is 0 Å². The maximum absolute atomic E-state index is 14.7. The maximum Gasteiger partial charge on any atom is 0.248 e. The number of hydrogen-bond donors (Lipinski definition) is 1. The van der Waals surface area contributed by atoms with Crippen LogP contribution < -0.4 is 0 Å². The Balaban J connectivity index is 1.29. The minimum Gasteiger partial charge on any atom is -0.394 e. The van der Waals surface area contributed by atoms with Crippen molar-refractivity contribution in [3.05, 3.63) is 84.5 Å². The smallest absolute Gasteiger partial charge is 0.248 e. The molecule has 3 aromatic rings. The predicted octanol–water partition coefficient (Wildman–Crippen LogP) is 2.84. The molecule has 11 heteroatoms. The van der Waals surface area contributed by atoms with Crippen LogP contribution in [0.15, 0.2) is 78.9 Å². The number of benzene rings is 2.